The molecule has 18 heavy (non-hydrogen) atoms. The lowest BCUT2D eigenvalue weighted by molar-refractivity contribution is -0.138. The minimum Gasteiger partial charge on any atom is -0.340 e. The smallest absolute Gasteiger partial charge is 0.242 e. The van der Waals surface area contributed by atoms with Crippen LogP contribution < -0.4 is 10.0 Å². The molecule has 2 N–H and O–H groups in total. The Labute approximate surface area is 109 Å². The van der Waals surface area contributed by atoms with Gasteiger partial charge in [-0.1, -0.05) is 0 Å². The van der Waals surface area contributed by atoms with Crippen molar-refractivity contribution in [1.82, 2.24) is 14.9 Å². The van der Waals surface area contributed by atoms with Gasteiger partial charge in [-0.2, -0.15) is 0 Å². The largest absolute Gasteiger partial charge is 0.340 e. The second-order valence-electron chi connectivity index (χ2n) is 5.36. The first-order valence-electron chi connectivity index (χ1n) is 6.11. The molecule has 0 bridgehead atoms. The highest BCUT2D eigenvalue weighted by molar-refractivity contribution is 7.88. The zero-order valence-electron chi connectivity index (χ0n) is 11.5. The van der Waals surface area contributed by atoms with E-state index in [-0.39, 0.29) is 11.9 Å². The van der Waals surface area contributed by atoms with E-state index < -0.39 is 15.6 Å². The standard InChI is InChI=1S/C11H23N3O3S/c1-11(2,12-3)10(15)14-7-5-6-9(8-14)13-18(4,16)17/h9,12-13H,5-8H2,1-4H3. The van der Waals surface area contributed by atoms with E-state index in [9.17, 15) is 13.2 Å². The lowest BCUT2D eigenvalue weighted by Gasteiger charge is -2.37. The van der Waals surface area contributed by atoms with Gasteiger partial charge >= 0.3 is 0 Å². The van der Waals surface area contributed by atoms with Crippen LogP contribution >= 0.6 is 0 Å². The van der Waals surface area contributed by atoms with E-state index >= 15 is 0 Å². The van der Waals surface area contributed by atoms with Crippen LogP contribution in [0.5, 0.6) is 0 Å². The van der Waals surface area contributed by atoms with Crippen LogP contribution in [-0.4, -0.2) is 57.2 Å². The summed E-state index contributed by atoms with van der Waals surface area (Å²) >= 11 is 0. The number of rotatable bonds is 4. The van der Waals surface area contributed by atoms with Gasteiger partial charge in [0.15, 0.2) is 0 Å². The molecular formula is C11H23N3O3S. The second-order valence-corrected chi connectivity index (χ2v) is 7.14. The summed E-state index contributed by atoms with van der Waals surface area (Å²) in [6.07, 6.45) is 2.74. The molecule has 0 radical (unpaired) electrons. The fourth-order valence-electron chi connectivity index (χ4n) is 2.06. The molecule has 1 fully saturated rings. The molecule has 1 saturated heterocycles. The Morgan fingerprint density at radius 2 is 2.00 bits per heavy atom. The molecule has 0 aromatic carbocycles. The fourth-order valence-corrected chi connectivity index (χ4v) is 2.86. The van der Waals surface area contributed by atoms with E-state index in [1.54, 1.807) is 11.9 Å². The van der Waals surface area contributed by atoms with E-state index in [0.29, 0.717) is 13.1 Å². The van der Waals surface area contributed by atoms with Gasteiger partial charge in [0.05, 0.1) is 11.8 Å². The van der Waals surface area contributed by atoms with Gasteiger partial charge in [-0.15, -0.1) is 0 Å². The Hall–Kier alpha value is -0.660. The van der Waals surface area contributed by atoms with Crippen LogP contribution in [0.2, 0.25) is 0 Å². The maximum atomic E-state index is 12.2. The number of likely N-dealkylation sites (tertiary alicyclic amines) is 1. The van der Waals surface area contributed by atoms with Crippen LogP contribution in [-0.2, 0) is 14.8 Å². The summed E-state index contributed by atoms with van der Waals surface area (Å²) in [7, 11) is -1.47. The molecule has 0 spiro atoms. The average molecular weight is 277 g/mol. The minimum atomic E-state index is -3.22. The van der Waals surface area contributed by atoms with E-state index in [0.717, 1.165) is 19.1 Å². The molecule has 1 amide bonds. The van der Waals surface area contributed by atoms with Crippen LogP contribution in [0.1, 0.15) is 26.7 Å². The molecule has 1 aliphatic rings. The van der Waals surface area contributed by atoms with Gasteiger partial charge in [-0.05, 0) is 33.7 Å². The number of sulfonamides is 1. The predicted octanol–water partition coefficient (Wildman–Crippen LogP) is -0.475. The summed E-state index contributed by atoms with van der Waals surface area (Å²) < 4.78 is 25.0. The summed E-state index contributed by atoms with van der Waals surface area (Å²) in [4.78, 5) is 14.0. The Morgan fingerprint density at radius 1 is 1.39 bits per heavy atom. The molecule has 0 saturated carbocycles. The van der Waals surface area contributed by atoms with Gasteiger partial charge < -0.3 is 10.2 Å². The molecule has 1 aliphatic heterocycles. The van der Waals surface area contributed by atoms with Crippen LogP contribution in [0, 0.1) is 0 Å². The molecule has 6 nitrogen and oxygen atoms in total. The zero-order chi connectivity index (χ0) is 14.0. The van der Waals surface area contributed by atoms with E-state index in [1.165, 1.54) is 0 Å². The molecule has 0 aromatic heterocycles. The van der Waals surface area contributed by atoms with Crippen molar-refractivity contribution in [2.45, 2.75) is 38.3 Å². The highest BCUT2D eigenvalue weighted by atomic mass is 32.2. The highest BCUT2D eigenvalue weighted by Gasteiger charge is 2.33. The monoisotopic (exact) mass is 277 g/mol. The number of carbonyl (C=O) groups is 1. The van der Waals surface area contributed by atoms with Gasteiger partial charge in [0, 0.05) is 19.1 Å². The number of carbonyl (C=O) groups excluding carboxylic acids is 1. The molecule has 1 atom stereocenters. The minimum absolute atomic E-state index is 0.00463. The van der Waals surface area contributed by atoms with E-state index in [1.807, 2.05) is 13.8 Å². The van der Waals surface area contributed by atoms with Crippen molar-refractivity contribution in [2.24, 2.45) is 0 Å². The molecule has 7 heteroatoms. The molecule has 1 rings (SSSR count). The number of piperidine rings is 1. The lowest BCUT2D eigenvalue weighted by atomic mass is 10.00. The van der Waals surface area contributed by atoms with E-state index in [4.69, 9.17) is 0 Å². The maximum Gasteiger partial charge on any atom is 0.242 e. The topological polar surface area (TPSA) is 78.5 Å². The normalized spacial score (nSPS) is 22.0. The summed E-state index contributed by atoms with van der Waals surface area (Å²) in [6, 6.07) is -0.176. The Bertz CT molecular complexity index is 406. The van der Waals surface area contributed by atoms with Crippen molar-refractivity contribution >= 4 is 15.9 Å². The number of nitrogens with one attached hydrogen (secondary N) is 2. The Kier molecular flexibility index (Phi) is 4.74. The number of amides is 1. The molecule has 0 aliphatic carbocycles. The molecule has 106 valence electrons. The first kappa shape index (κ1) is 15.4. The van der Waals surface area contributed by atoms with Crippen LogP contribution in [0.25, 0.3) is 0 Å². The van der Waals surface area contributed by atoms with Crippen molar-refractivity contribution in [2.75, 3.05) is 26.4 Å². The van der Waals surface area contributed by atoms with Crippen molar-refractivity contribution in [3.05, 3.63) is 0 Å². The van der Waals surface area contributed by atoms with Gasteiger partial charge in [-0.25, -0.2) is 13.1 Å². The maximum absolute atomic E-state index is 12.2. The van der Waals surface area contributed by atoms with Crippen molar-refractivity contribution in [3.63, 3.8) is 0 Å². The fraction of sp³-hybridized carbons (Fsp3) is 0.909. The van der Waals surface area contributed by atoms with Gasteiger partial charge in [0.1, 0.15) is 0 Å². The highest BCUT2D eigenvalue weighted by Crippen LogP contribution is 2.15. The third-order valence-electron chi connectivity index (χ3n) is 3.25. The molecular weight excluding hydrogens is 254 g/mol. The number of nitrogens with zero attached hydrogens (tertiary/aromatic N) is 1. The third kappa shape index (κ3) is 4.22. The third-order valence-corrected chi connectivity index (χ3v) is 4.01. The van der Waals surface area contributed by atoms with Crippen LogP contribution in [0.3, 0.4) is 0 Å². The number of likely N-dealkylation sites (N-methyl/N-ethyl adjacent to an activating group) is 1. The van der Waals surface area contributed by atoms with Gasteiger partial charge in [-0.3, -0.25) is 4.79 Å². The Morgan fingerprint density at radius 3 is 2.50 bits per heavy atom. The average Bonchev–Trinajstić information content (AvgIpc) is 2.26. The Balaban J connectivity index is 2.67. The van der Waals surface area contributed by atoms with Crippen molar-refractivity contribution < 1.29 is 13.2 Å². The number of hydrogen-bond donors (Lipinski definition) is 2. The second kappa shape index (κ2) is 5.54. The molecule has 1 heterocycles. The zero-order valence-corrected chi connectivity index (χ0v) is 12.3. The van der Waals surface area contributed by atoms with Gasteiger partial charge in [0.25, 0.3) is 0 Å². The van der Waals surface area contributed by atoms with Crippen LogP contribution in [0.15, 0.2) is 0 Å². The van der Waals surface area contributed by atoms with E-state index in [2.05, 4.69) is 10.0 Å². The number of hydrogen-bond acceptors (Lipinski definition) is 4. The molecule has 0 aromatic rings. The van der Waals surface area contributed by atoms with Crippen molar-refractivity contribution in [1.29, 1.82) is 0 Å². The van der Waals surface area contributed by atoms with Crippen molar-refractivity contribution in [3.8, 4) is 0 Å². The first-order chi connectivity index (χ1) is 8.15. The first-order valence-corrected chi connectivity index (χ1v) is 8.00. The predicted molar refractivity (Wildman–Crippen MR) is 70.7 cm³/mol. The molecule has 1 unspecified atom stereocenters. The van der Waals surface area contributed by atoms with Gasteiger partial charge in [0.2, 0.25) is 15.9 Å². The summed E-state index contributed by atoms with van der Waals surface area (Å²) in [5.41, 5.74) is -0.618. The summed E-state index contributed by atoms with van der Waals surface area (Å²) in [6.45, 7) is 4.77. The summed E-state index contributed by atoms with van der Waals surface area (Å²) in [5, 5.41) is 2.97. The van der Waals surface area contributed by atoms with Crippen LogP contribution in [0.4, 0.5) is 0 Å². The lowest BCUT2D eigenvalue weighted by Crippen LogP contribution is -2.57. The summed E-state index contributed by atoms with van der Waals surface area (Å²) in [5.74, 6) is 0.00463. The SMILES string of the molecule is CNC(C)(C)C(=O)N1CCCC(NS(C)(=O)=O)C1. The quantitative estimate of drug-likeness (QED) is 0.728.